The van der Waals surface area contributed by atoms with Crippen molar-refractivity contribution in [2.24, 2.45) is 5.92 Å². The van der Waals surface area contributed by atoms with Crippen LogP contribution in [-0.4, -0.2) is 23.3 Å². The fourth-order valence-electron chi connectivity index (χ4n) is 5.97. The van der Waals surface area contributed by atoms with Crippen LogP contribution in [0.15, 0.2) is 78.9 Å². The molecule has 0 unspecified atom stereocenters. The number of nitrogens with zero attached hydrogens (tertiary/aromatic N) is 1. The molecule has 4 nitrogen and oxygen atoms in total. The van der Waals surface area contributed by atoms with Gasteiger partial charge in [-0.2, -0.15) is 0 Å². The largest absolute Gasteiger partial charge is 0.454 e. The molecule has 40 heavy (non-hydrogen) atoms. The maximum absolute atomic E-state index is 13.3. The third kappa shape index (κ3) is 6.67. The first-order valence-electron chi connectivity index (χ1n) is 14.8. The number of ketones is 1. The summed E-state index contributed by atoms with van der Waals surface area (Å²) in [7, 11) is 0. The molecule has 0 bridgehead atoms. The minimum Gasteiger partial charge on any atom is -0.454 e. The molecule has 0 saturated heterocycles. The van der Waals surface area contributed by atoms with Gasteiger partial charge in [0.2, 0.25) is 0 Å². The van der Waals surface area contributed by atoms with E-state index >= 15 is 0 Å². The van der Waals surface area contributed by atoms with E-state index in [0.717, 1.165) is 33.6 Å². The molecule has 4 heteroatoms. The minimum atomic E-state index is -0.518. The summed E-state index contributed by atoms with van der Waals surface area (Å²) >= 11 is 0. The number of benzene rings is 3. The zero-order chi connectivity index (χ0) is 27.9. The molecule has 1 heterocycles. The van der Waals surface area contributed by atoms with Gasteiger partial charge >= 0.3 is 5.97 Å². The summed E-state index contributed by atoms with van der Waals surface area (Å²) in [6, 6.07) is 25.3. The summed E-state index contributed by atoms with van der Waals surface area (Å²) in [4.78, 5) is 30.7. The number of Topliss-reactive ketones (excluding diaryl/α,β-unsaturated/α-hetero) is 1. The van der Waals surface area contributed by atoms with Crippen LogP contribution >= 0.6 is 0 Å². The smallest absolute Gasteiger partial charge is 0.339 e. The minimum absolute atomic E-state index is 0.228. The number of carbonyl (C=O) groups is 2. The predicted molar refractivity (Wildman–Crippen MR) is 162 cm³/mol. The first-order valence-corrected chi connectivity index (χ1v) is 14.8. The number of aryl methyl sites for hydroxylation is 1. The molecule has 0 amide bonds. The number of rotatable bonds is 10. The lowest BCUT2D eigenvalue weighted by molar-refractivity contribution is 0.0476. The topological polar surface area (TPSA) is 56.3 Å². The summed E-state index contributed by atoms with van der Waals surface area (Å²) in [6.07, 6.45) is 10.6. The van der Waals surface area contributed by atoms with Gasteiger partial charge < -0.3 is 4.74 Å². The van der Waals surface area contributed by atoms with Crippen molar-refractivity contribution in [1.82, 2.24) is 4.98 Å². The highest BCUT2D eigenvalue weighted by molar-refractivity contribution is 6.06. The number of hydrogen-bond donors (Lipinski definition) is 0. The number of hydrogen-bond acceptors (Lipinski definition) is 4. The van der Waals surface area contributed by atoms with Gasteiger partial charge in [-0.3, -0.25) is 4.79 Å². The van der Waals surface area contributed by atoms with Crippen molar-refractivity contribution in [3.63, 3.8) is 0 Å². The van der Waals surface area contributed by atoms with Crippen LogP contribution in [0.4, 0.5) is 0 Å². The van der Waals surface area contributed by atoms with Crippen molar-refractivity contribution < 1.29 is 14.3 Å². The molecule has 1 aromatic heterocycles. The summed E-state index contributed by atoms with van der Waals surface area (Å²) in [5.41, 5.74) is 5.80. The maximum Gasteiger partial charge on any atom is 0.339 e. The Kier molecular flexibility index (Phi) is 9.05. The predicted octanol–water partition coefficient (Wildman–Crippen LogP) is 9.10. The van der Waals surface area contributed by atoms with Crippen LogP contribution in [0.5, 0.6) is 0 Å². The van der Waals surface area contributed by atoms with Crippen LogP contribution in [0, 0.1) is 12.8 Å². The van der Waals surface area contributed by atoms with E-state index in [4.69, 9.17) is 9.72 Å². The van der Waals surface area contributed by atoms with E-state index in [1.165, 1.54) is 56.9 Å². The van der Waals surface area contributed by atoms with Crippen LogP contribution in [0.25, 0.3) is 22.2 Å². The molecule has 1 fully saturated rings. The summed E-state index contributed by atoms with van der Waals surface area (Å²) in [5.74, 6) is 0.774. The lowest BCUT2D eigenvalue weighted by Gasteiger charge is -2.29. The molecule has 0 atom stereocenters. The zero-order valence-electron chi connectivity index (χ0n) is 23.7. The Morgan fingerprint density at radius 2 is 1.62 bits per heavy atom. The Morgan fingerprint density at radius 3 is 2.35 bits per heavy atom. The third-order valence-corrected chi connectivity index (χ3v) is 8.35. The highest BCUT2D eigenvalue weighted by Gasteiger charge is 2.22. The van der Waals surface area contributed by atoms with Crippen LogP contribution in [0.3, 0.4) is 0 Å². The quantitative estimate of drug-likeness (QED) is 0.116. The van der Waals surface area contributed by atoms with Crippen LogP contribution < -0.4 is 0 Å². The van der Waals surface area contributed by atoms with Gasteiger partial charge in [0, 0.05) is 16.5 Å². The molecule has 1 aliphatic carbocycles. The summed E-state index contributed by atoms with van der Waals surface area (Å²) in [6.45, 7) is 3.96. The van der Waals surface area contributed by atoms with Crippen molar-refractivity contribution in [2.45, 2.75) is 71.1 Å². The van der Waals surface area contributed by atoms with Gasteiger partial charge in [-0.25, -0.2) is 9.78 Å². The van der Waals surface area contributed by atoms with E-state index in [2.05, 4.69) is 31.2 Å². The number of esters is 1. The van der Waals surface area contributed by atoms with Crippen LogP contribution in [-0.2, 0) is 4.74 Å². The SMILES string of the molecule is CCCCCC1CCC(c2ccc(-c3cc(C(=O)OCC(=O)c4ccccc4)c4cc(C)ccc4n3)cc2)CC1. The van der Waals surface area contributed by atoms with Gasteiger partial charge in [-0.05, 0) is 68.2 Å². The Morgan fingerprint density at radius 1 is 0.875 bits per heavy atom. The summed E-state index contributed by atoms with van der Waals surface area (Å²) < 4.78 is 5.50. The second-order valence-corrected chi connectivity index (χ2v) is 11.3. The van der Waals surface area contributed by atoms with E-state index in [0.29, 0.717) is 17.0 Å². The molecule has 1 aliphatic rings. The van der Waals surface area contributed by atoms with Gasteiger partial charge in [0.15, 0.2) is 12.4 Å². The number of unbranched alkanes of at least 4 members (excludes halogenated alkanes) is 2. The Bertz CT molecular complexity index is 1450. The number of carbonyl (C=O) groups excluding carboxylic acids is 2. The molecule has 0 aliphatic heterocycles. The Labute approximate surface area is 237 Å². The zero-order valence-corrected chi connectivity index (χ0v) is 23.7. The van der Waals surface area contributed by atoms with E-state index in [1.54, 1.807) is 30.3 Å². The molecule has 4 aromatic rings. The molecule has 1 saturated carbocycles. The monoisotopic (exact) mass is 533 g/mol. The van der Waals surface area contributed by atoms with Gasteiger partial charge in [0.05, 0.1) is 16.8 Å². The van der Waals surface area contributed by atoms with E-state index in [9.17, 15) is 9.59 Å². The van der Waals surface area contributed by atoms with Crippen LogP contribution in [0.1, 0.15) is 96.1 Å². The Balaban J connectivity index is 1.32. The van der Waals surface area contributed by atoms with Crippen molar-refractivity contribution >= 4 is 22.7 Å². The molecule has 5 rings (SSSR count). The van der Waals surface area contributed by atoms with Gasteiger partial charge in [-0.1, -0.05) is 98.8 Å². The highest BCUT2D eigenvalue weighted by Crippen LogP contribution is 2.38. The molecule has 0 spiro atoms. The van der Waals surface area contributed by atoms with E-state index in [1.807, 2.05) is 31.2 Å². The van der Waals surface area contributed by atoms with Crippen molar-refractivity contribution in [1.29, 1.82) is 0 Å². The first-order chi connectivity index (χ1) is 19.5. The number of fused-ring (bicyclic) bond motifs is 1. The second kappa shape index (κ2) is 13.0. The normalized spacial score (nSPS) is 17.1. The average molecular weight is 534 g/mol. The van der Waals surface area contributed by atoms with Crippen molar-refractivity contribution in [3.05, 3.63) is 101 Å². The average Bonchev–Trinajstić information content (AvgIpc) is 3.00. The number of ether oxygens (including phenoxy) is 1. The number of aromatic nitrogens is 1. The van der Waals surface area contributed by atoms with Crippen LogP contribution in [0.2, 0.25) is 0 Å². The number of pyridine rings is 1. The molecule has 3 aromatic carbocycles. The Hall–Kier alpha value is -3.79. The summed E-state index contributed by atoms with van der Waals surface area (Å²) in [5, 5.41) is 0.730. The maximum atomic E-state index is 13.3. The first kappa shape index (κ1) is 27.8. The van der Waals surface area contributed by atoms with E-state index < -0.39 is 5.97 Å². The standard InChI is InChI=1S/C36H39NO3/c1-3-4-6-9-26-13-15-27(16-14-26)28-17-19-29(20-18-28)34-23-32(31-22-25(2)12-21-33(31)37-34)36(39)40-24-35(38)30-10-7-5-8-11-30/h5,7-8,10-12,17-23,26-27H,3-4,6,9,13-16,24H2,1-2H3. The lowest BCUT2D eigenvalue weighted by Crippen LogP contribution is -2.15. The second-order valence-electron chi connectivity index (χ2n) is 11.3. The third-order valence-electron chi connectivity index (χ3n) is 8.35. The molecular formula is C36H39NO3. The fourth-order valence-corrected chi connectivity index (χ4v) is 5.97. The van der Waals surface area contributed by atoms with Gasteiger partial charge in [0.1, 0.15) is 0 Å². The lowest BCUT2D eigenvalue weighted by atomic mass is 9.77. The molecule has 206 valence electrons. The molecular weight excluding hydrogens is 494 g/mol. The van der Waals surface area contributed by atoms with Gasteiger partial charge in [0.25, 0.3) is 0 Å². The van der Waals surface area contributed by atoms with Crippen molar-refractivity contribution in [2.75, 3.05) is 6.61 Å². The fraction of sp³-hybridized carbons (Fsp3) is 0.361. The van der Waals surface area contributed by atoms with Crippen molar-refractivity contribution in [3.8, 4) is 11.3 Å². The highest BCUT2D eigenvalue weighted by atomic mass is 16.5. The van der Waals surface area contributed by atoms with E-state index in [-0.39, 0.29) is 12.4 Å². The molecule has 0 radical (unpaired) electrons. The van der Waals surface area contributed by atoms with Gasteiger partial charge in [-0.15, -0.1) is 0 Å². The molecule has 0 N–H and O–H groups in total.